The van der Waals surface area contributed by atoms with Gasteiger partial charge in [0.1, 0.15) is 6.33 Å². The van der Waals surface area contributed by atoms with Crippen LogP contribution in [-0.4, -0.2) is 19.6 Å². The Morgan fingerprint density at radius 2 is 1.58 bits per heavy atom. The summed E-state index contributed by atoms with van der Waals surface area (Å²) in [6.07, 6.45) is 2.44. The lowest BCUT2D eigenvalue weighted by Gasteiger charge is -2.03. The van der Waals surface area contributed by atoms with Gasteiger partial charge in [-0.1, -0.05) is 54.6 Å². The summed E-state index contributed by atoms with van der Waals surface area (Å²) in [4.78, 5) is 9.19. The van der Waals surface area contributed by atoms with E-state index in [9.17, 15) is 0 Å². The van der Waals surface area contributed by atoms with Crippen molar-refractivity contribution >= 4 is 27.3 Å². The molecule has 4 nitrogen and oxygen atoms in total. The van der Waals surface area contributed by atoms with E-state index in [1.54, 1.807) is 10.8 Å². The molecule has 2 heterocycles. The molecule has 0 unspecified atom stereocenters. The van der Waals surface area contributed by atoms with Crippen LogP contribution in [0.2, 0.25) is 0 Å². The van der Waals surface area contributed by atoms with E-state index in [1.807, 2.05) is 24.3 Å². The SMILES string of the molecule is c1ccc2c(Cc3nc4c5ccccc5ncn4n3)cccc2c1. The first-order chi connectivity index (χ1) is 11.9. The van der Waals surface area contributed by atoms with Gasteiger partial charge < -0.3 is 0 Å². The number of fused-ring (bicyclic) bond motifs is 4. The highest BCUT2D eigenvalue weighted by atomic mass is 15.3. The van der Waals surface area contributed by atoms with Crippen LogP contribution in [0.3, 0.4) is 0 Å². The molecule has 24 heavy (non-hydrogen) atoms. The molecule has 0 aliphatic carbocycles. The quantitative estimate of drug-likeness (QED) is 0.494. The van der Waals surface area contributed by atoms with Crippen LogP contribution >= 0.6 is 0 Å². The first-order valence-corrected chi connectivity index (χ1v) is 7.94. The topological polar surface area (TPSA) is 43.1 Å². The maximum atomic E-state index is 4.75. The molecule has 0 saturated heterocycles. The van der Waals surface area contributed by atoms with Crippen LogP contribution in [0.25, 0.3) is 27.3 Å². The van der Waals surface area contributed by atoms with E-state index >= 15 is 0 Å². The molecule has 0 spiro atoms. The third-order valence-corrected chi connectivity index (χ3v) is 4.35. The monoisotopic (exact) mass is 310 g/mol. The molecule has 2 aromatic heterocycles. The third-order valence-electron chi connectivity index (χ3n) is 4.35. The Kier molecular flexibility index (Phi) is 2.82. The van der Waals surface area contributed by atoms with Crippen LogP contribution in [-0.2, 0) is 6.42 Å². The summed E-state index contributed by atoms with van der Waals surface area (Å²) in [5, 5.41) is 8.13. The minimum atomic E-state index is 0.706. The van der Waals surface area contributed by atoms with E-state index in [0.717, 1.165) is 22.4 Å². The lowest BCUT2D eigenvalue weighted by molar-refractivity contribution is 0.885. The molecule has 0 amide bonds. The van der Waals surface area contributed by atoms with E-state index in [0.29, 0.717) is 6.42 Å². The third kappa shape index (κ3) is 2.04. The summed E-state index contributed by atoms with van der Waals surface area (Å²) in [5.41, 5.74) is 3.03. The minimum Gasteiger partial charge on any atom is -0.236 e. The Morgan fingerprint density at radius 3 is 2.54 bits per heavy atom. The summed E-state index contributed by atoms with van der Waals surface area (Å²) in [6, 6.07) is 22.8. The van der Waals surface area contributed by atoms with Gasteiger partial charge >= 0.3 is 0 Å². The van der Waals surface area contributed by atoms with Crippen molar-refractivity contribution in [1.82, 2.24) is 19.6 Å². The number of hydrogen-bond donors (Lipinski definition) is 0. The Morgan fingerprint density at radius 1 is 0.792 bits per heavy atom. The second-order valence-corrected chi connectivity index (χ2v) is 5.87. The van der Waals surface area contributed by atoms with E-state index in [4.69, 9.17) is 4.98 Å². The smallest absolute Gasteiger partial charge is 0.166 e. The highest BCUT2D eigenvalue weighted by molar-refractivity contribution is 5.90. The highest BCUT2D eigenvalue weighted by Gasteiger charge is 2.10. The van der Waals surface area contributed by atoms with Crippen LogP contribution < -0.4 is 0 Å². The Balaban J connectivity index is 1.65. The fraction of sp³-hybridized carbons (Fsp3) is 0.0500. The normalized spacial score (nSPS) is 11.5. The molecule has 5 aromatic rings. The Labute approximate surface area is 138 Å². The molecular weight excluding hydrogens is 296 g/mol. The van der Waals surface area contributed by atoms with Crippen LogP contribution in [0.15, 0.2) is 73.1 Å². The second-order valence-electron chi connectivity index (χ2n) is 5.87. The molecule has 5 rings (SSSR count). The van der Waals surface area contributed by atoms with Gasteiger partial charge in [0.25, 0.3) is 0 Å². The number of nitrogens with zero attached hydrogens (tertiary/aromatic N) is 4. The average Bonchev–Trinajstić information content (AvgIpc) is 3.05. The maximum Gasteiger partial charge on any atom is 0.166 e. The molecule has 4 heteroatoms. The molecule has 0 atom stereocenters. The number of rotatable bonds is 2. The molecule has 0 fully saturated rings. The summed E-state index contributed by atoms with van der Waals surface area (Å²) >= 11 is 0. The first-order valence-electron chi connectivity index (χ1n) is 7.94. The maximum absolute atomic E-state index is 4.75. The summed E-state index contributed by atoms with van der Waals surface area (Å²) in [6.45, 7) is 0. The van der Waals surface area contributed by atoms with Gasteiger partial charge in [-0.2, -0.15) is 0 Å². The van der Waals surface area contributed by atoms with Crippen molar-refractivity contribution in [3.05, 3.63) is 84.4 Å². The van der Waals surface area contributed by atoms with E-state index in [-0.39, 0.29) is 0 Å². The zero-order valence-corrected chi connectivity index (χ0v) is 12.9. The Hall–Kier alpha value is -3.27. The first kappa shape index (κ1) is 13.2. The number of aromatic nitrogens is 4. The molecule has 0 N–H and O–H groups in total. The van der Waals surface area contributed by atoms with Gasteiger partial charge in [0.15, 0.2) is 11.5 Å². The van der Waals surface area contributed by atoms with Gasteiger partial charge in [-0.05, 0) is 28.5 Å². The van der Waals surface area contributed by atoms with Crippen LogP contribution in [0.5, 0.6) is 0 Å². The van der Waals surface area contributed by atoms with Gasteiger partial charge in [-0.15, -0.1) is 5.10 Å². The van der Waals surface area contributed by atoms with Crippen molar-refractivity contribution in [1.29, 1.82) is 0 Å². The summed E-state index contributed by atoms with van der Waals surface area (Å²) < 4.78 is 1.77. The summed E-state index contributed by atoms with van der Waals surface area (Å²) in [5.74, 6) is 0.810. The van der Waals surface area contributed by atoms with Crippen molar-refractivity contribution in [3.8, 4) is 0 Å². The molecule has 114 valence electrons. The molecule has 0 aliphatic heterocycles. The molecule has 3 aromatic carbocycles. The lowest BCUT2D eigenvalue weighted by Crippen LogP contribution is -1.94. The standard InChI is InChI=1S/C20H14N4/c1-2-9-16-14(6-1)7-5-8-15(16)12-19-22-20-17-10-3-4-11-18(17)21-13-24(20)23-19/h1-11,13H,12H2. The number of para-hydroxylation sites is 1. The molecule has 0 saturated carbocycles. The van der Waals surface area contributed by atoms with Gasteiger partial charge in [0.05, 0.1) is 5.52 Å². The van der Waals surface area contributed by atoms with Crippen molar-refractivity contribution in [2.75, 3.05) is 0 Å². The number of benzene rings is 3. The largest absolute Gasteiger partial charge is 0.236 e. The zero-order chi connectivity index (χ0) is 15.9. The summed E-state index contributed by atoms with van der Waals surface area (Å²) in [7, 11) is 0. The van der Waals surface area contributed by atoms with Crippen molar-refractivity contribution < 1.29 is 0 Å². The van der Waals surface area contributed by atoms with Crippen LogP contribution in [0, 0.1) is 0 Å². The molecule has 0 aliphatic rings. The van der Waals surface area contributed by atoms with Gasteiger partial charge in [-0.3, -0.25) is 0 Å². The fourth-order valence-electron chi connectivity index (χ4n) is 3.22. The number of hydrogen-bond acceptors (Lipinski definition) is 3. The predicted molar refractivity (Wildman–Crippen MR) is 95.0 cm³/mol. The lowest BCUT2D eigenvalue weighted by atomic mass is 10.0. The van der Waals surface area contributed by atoms with Crippen molar-refractivity contribution in [2.45, 2.75) is 6.42 Å². The average molecular weight is 310 g/mol. The highest BCUT2D eigenvalue weighted by Crippen LogP contribution is 2.21. The van der Waals surface area contributed by atoms with E-state index < -0.39 is 0 Å². The van der Waals surface area contributed by atoms with Crippen molar-refractivity contribution in [2.24, 2.45) is 0 Å². The molecule has 0 radical (unpaired) electrons. The van der Waals surface area contributed by atoms with Crippen LogP contribution in [0.4, 0.5) is 0 Å². The van der Waals surface area contributed by atoms with Gasteiger partial charge in [-0.25, -0.2) is 14.5 Å². The van der Waals surface area contributed by atoms with E-state index in [1.165, 1.54) is 16.3 Å². The second kappa shape index (κ2) is 5.13. The molecular formula is C20H14N4. The van der Waals surface area contributed by atoms with Crippen molar-refractivity contribution in [3.63, 3.8) is 0 Å². The Bertz CT molecular complexity index is 1180. The van der Waals surface area contributed by atoms with Crippen LogP contribution in [0.1, 0.15) is 11.4 Å². The predicted octanol–water partition coefficient (Wildman–Crippen LogP) is 4.02. The molecule has 0 bridgehead atoms. The van der Waals surface area contributed by atoms with E-state index in [2.05, 4.69) is 52.5 Å². The zero-order valence-electron chi connectivity index (χ0n) is 12.9. The van der Waals surface area contributed by atoms with Gasteiger partial charge in [0.2, 0.25) is 0 Å². The van der Waals surface area contributed by atoms with Gasteiger partial charge in [0, 0.05) is 11.8 Å². The minimum absolute atomic E-state index is 0.706. The fourth-order valence-corrected chi connectivity index (χ4v) is 3.22.